The van der Waals surface area contributed by atoms with Gasteiger partial charge in [0.05, 0.1) is 9.85 Å². The molecule has 0 atom stereocenters. The Morgan fingerprint density at radius 3 is 2.33 bits per heavy atom. The molecular formula is C13H10IN3O4. The van der Waals surface area contributed by atoms with E-state index in [1.807, 2.05) is 22.6 Å². The van der Waals surface area contributed by atoms with E-state index in [0.29, 0.717) is 11.3 Å². The molecule has 0 aliphatic carbocycles. The number of nitro benzene ring substituents is 2. The molecule has 0 saturated heterocycles. The molecule has 21 heavy (non-hydrogen) atoms. The molecule has 8 heteroatoms. The minimum atomic E-state index is -0.482. The highest BCUT2D eigenvalue weighted by molar-refractivity contribution is 14.1. The molecule has 1 N–H and O–H groups in total. The van der Waals surface area contributed by atoms with Crippen LogP contribution in [0.5, 0.6) is 0 Å². The second-order valence-electron chi connectivity index (χ2n) is 4.16. The average molecular weight is 399 g/mol. The molecule has 2 rings (SSSR count). The highest BCUT2D eigenvalue weighted by Gasteiger charge is 2.16. The van der Waals surface area contributed by atoms with E-state index in [1.165, 1.54) is 12.1 Å². The first-order valence-corrected chi connectivity index (χ1v) is 6.97. The third kappa shape index (κ3) is 3.66. The smallest absolute Gasteiger partial charge is 0.293 e. The number of halogens is 1. The summed E-state index contributed by atoms with van der Waals surface area (Å²) in [5, 5.41) is 24.8. The molecule has 0 bridgehead atoms. The van der Waals surface area contributed by atoms with Crippen LogP contribution in [0.25, 0.3) is 0 Å². The summed E-state index contributed by atoms with van der Waals surface area (Å²) in [5.41, 5.74) is 0.729. The first kappa shape index (κ1) is 15.2. The van der Waals surface area contributed by atoms with Crippen LogP contribution < -0.4 is 5.32 Å². The molecule has 0 unspecified atom stereocenters. The molecule has 7 nitrogen and oxygen atoms in total. The highest BCUT2D eigenvalue weighted by atomic mass is 127. The lowest BCUT2D eigenvalue weighted by molar-refractivity contribution is -0.385. The number of nitrogens with one attached hydrogen (secondary N) is 1. The summed E-state index contributed by atoms with van der Waals surface area (Å²) in [5.74, 6) is 0. The summed E-state index contributed by atoms with van der Waals surface area (Å²) in [6.45, 7) is 0.137. The lowest BCUT2D eigenvalue weighted by atomic mass is 10.1. The summed E-state index contributed by atoms with van der Waals surface area (Å²) in [6.07, 6.45) is 0. The van der Waals surface area contributed by atoms with Gasteiger partial charge in [-0.25, -0.2) is 0 Å². The molecule has 0 fully saturated rings. The van der Waals surface area contributed by atoms with E-state index in [0.717, 1.165) is 3.57 Å². The molecule has 0 aliphatic rings. The van der Waals surface area contributed by atoms with E-state index >= 15 is 0 Å². The third-order valence-electron chi connectivity index (χ3n) is 2.81. The third-order valence-corrected chi connectivity index (χ3v) is 3.49. The fourth-order valence-electron chi connectivity index (χ4n) is 1.83. The fourth-order valence-corrected chi connectivity index (χ4v) is 2.31. The van der Waals surface area contributed by atoms with Crippen LogP contribution in [0.1, 0.15) is 5.56 Å². The number of hydrogen-bond acceptors (Lipinski definition) is 5. The van der Waals surface area contributed by atoms with Gasteiger partial charge in [0.15, 0.2) is 0 Å². The summed E-state index contributed by atoms with van der Waals surface area (Å²) >= 11 is 1.99. The molecule has 0 spiro atoms. The van der Waals surface area contributed by atoms with Crippen LogP contribution in [0.3, 0.4) is 0 Å². The zero-order valence-electron chi connectivity index (χ0n) is 10.7. The van der Waals surface area contributed by atoms with Crippen LogP contribution >= 0.6 is 22.6 Å². The van der Waals surface area contributed by atoms with Gasteiger partial charge in [0.25, 0.3) is 11.4 Å². The fraction of sp³-hybridized carbons (Fsp3) is 0.0769. The van der Waals surface area contributed by atoms with Gasteiger partial charge in [-0.15, -0.1) is 0 Å². The molecule has 0 saturated carbocycles. The zero-order chi connectivity index (χ0) is 15.4. The Morgan fingerprint density at radius 2 is 1.67 bits per heavy atom. The molecular weight excluding hydrogens is 389 g/mol. The maximum Gasteiger partial charge on any atom is 0.293 e. The minimum absolute atomic E-state index is 0.0156. The van der Waals surface area contributed by atoms with Gasteiger partial charge in [-0.05, 0) is 34.7 Å². The first-order valence-electron chi connectivity index (χ1n) is 5.89. The van der Waals surface area contributed by atoms with Gasteiger partial charge in [0.1, 0.15) is 5.69 Å². The normalized spacial score (nSPS) is 10.1. The number of hydrogen-bond donors (Lipinski definition) is 1. The number of benzene rings is 2. The van der Waals surface area contributed by atoms with Crippen molar-refractivity contribution in [2.24, 2.45) is 0 Å². The van der Waals surface area contributed by atoms with E-state index < -0.39 is 9.85 Å². The van der Waals surface area contributed by atoms with Crippen LogP contribution in [-0.2, 0) is 6.54 Å². The summed E-state index contributed by atoms with van der Waals surface area (Å²) in [6, 6.07) is 11.1. The SMILES string of the molecule is O=[N+]([O-])c1ccccc1CNc1ccc(I)cc1[N+](=O)[O-]. The van der Waals surface area contributed by atoms with Gasteiger partial charge in [0.2, 0.25) is 0 Å². The molecule has 2 aromatic carbocycles. The molecule has 0 amide bonds. The summed E-state index contributed by atoms with van der Waals surface area (Å²) in [7, 11) is 0. The zero-order valence-corrected chi connectivity index (χ0v) is 12.8. The molecule has 0 radical (unpaired) electrons. The van der Waals surface area contributed by atoms with Crippen LogP contribution in [0.4, 0.5) is 17.1 Å². The van der Waals surface area contributed by atoms with E-state index in [1.54, 1.807) is 30.3 Å². The Balaban J connectivity index is 2.25. The van der Waals surface area contributed by atoms with Crippen LogP contribution in [0.15, 0.2) is 42.5 Å². The topological polar surface area (TPSA) is 98.3 Å². The van der Waals surface area contributed by atoms with Crippen LogP contribution in [-0.4, -0.2) is 9.85 Å². The quantitative estimate of drug-likeness (QED) is 0.470. The molecule has 0 aromatic heterocycles. The predicted molar refractivity (Wildman–Crippen MR) is 86.2 cm³/mol. The van der Waals surface area contributed by atoms with E-state index in [4.69, 9.17) is 0 Å². The Kier molecular flexibility index (Phi) is 4.68. The van der Waals surface area contributed by atoms with Gasteiger partial charge < -0.3 is 5.32 Å². The van der Waals surface area contributed by atoms with E-state index in [-0.39, 0.29) is 17.9 Å². The summed E-state index contributed by atoms with van der Waals surface area (Å²) < 4.78 is 0.746. The van der Waals surface area contributed by atoms with Crippen molar-refractivity contribution in [3.05, 3.63) is 71.8 Å². The second-order valence-corrected chi connectivity index (χ2v) is 5.40. The molecule has 2 aromatic rings. The Bertz CT molecular complexity index is 706. The van der Waals surface area contributed by atoms with Gasteiger partial charge >= 0.3 is 0 Å². The molecule has 108 valence electrons. The average Bonchev–Trinajstić information content (AvgIpc) is 2.46. The van der Waals surface area contributed by atoms with Crippen molar-refractivity contribution in [1.82, 2.24) is 0 Å². The van der Waals surface area contributed by atoms with Crippen LogP contribution in [0.2, 0.25) is 0 Å². The highest BCUT2D eigenvalue weighted by Crippen LogP contribution is 2.27. The Hall–Kier alpha value is -2.23. The van der Waals surface area contributed by atoms with Gasteiger partial charge in [0, 0.05) is 27.8 Å². The molecule has 0 aliphatic heterocycles. The van der Waals surface area contributed by atoms with Crippen molar-refractivity contribution >= 4 is 39.7 Å². The van der Waals surface area contributed by atoms with Crippen molar-refractivity contribution in [2.75, 3.05) is 5.32 Å². The van der Waals surface area contributed by atoms with Crippen molar-refractivity contribution in [3.8, 4) is 0 Å². The van der Waals surface area contributed by atoms with Gasteiger partial charge in [-0.1, -0.05) is 18.2 Å². The van der Waals surface area contributed by atoms with Crippen molar-refractivity contribution in [1.29, 1.82) is 0 Å². The lowest BCUT2D eigenvalue weighted by Gasteiger charge is -2.08. The molecule has 0 heterocycles. The van der Waals surface area contributed by atoms with Gasteiger partial charge in [-0.2, -0.15) is 0 Å². The monoisotopic (exact) mass is 399 g/mol. The van der Waals surface area contributed by atoms with Crippen molar-refractivity contribution < 1.29 is 9.85 Å². The van der Waals surface area contributed by atoms with E-state index in [2.05, 4.69) is 5.32 Å². The largest absolute Gasteiger partial charge is 0.375 e. The van der Waals surface area contributed by atoms with Crippen LogP contribution in [0, 0.1) is 23.8 Å². The predicted octanol–water partition coefficient (Wildman–Crippen LogP) is 3.72. The van der Waals surface area contributed by atoms with E-state index in [9.17, 15) is 20.2 Å². The number of anilines is 1. The number of para-hydroxylation sites is 1. The number of nitro groups is 2. The first-order chi connectivity index (χ1) is 9.99. The second kappa shape index (κ2) is 6.48. The maximum absolute atomic E-state index is 11.0. The number of nitrogens with zero attached hydrogens (tertiary/aromatic N) is 2. The lowest BCUT2D eigenvalue weighted by Crippen LogP contribution is -2.05. The van der Waals surface area contributed by atoms with Crippen molar-refractivity contribution in [2.45, 2.75) is 6.54 Å². The standard InChI is InChI=1S/C13H10IN3O4/c14-10-5-6-11(13(7-10)17(20)21)15-8-9-3-1-2-4-12(9)16(18)19/h1-7,15H,8H2. The summed E-state index contributed by atoms with van der Waals surface area (Å²) in [4.78, 5) is 21.0. The Morgan fingerprint density at radius 1 is 1.00 bits per heavy atom. The number of rotatable bonds is 5. The van der Waals surface area contributed by atoms with Crippen molar-refractivity contribution in [3.63, 3.8) is 0 Å². The maximum atomic E-state index is 11.0. The van der Waals surface area contributed by atoms with Gasteiger partial charge in [-0.3, -0.25) is 20.2 Å². The Labute approximate surface area is 133 Å². The minimum Gasteiger partial charge on any atom is -0.375 e.